The Bertz CT molecular complexity index is 298. The molecule has 5 heteroatoms. The molecule has 0 unspecified atom stereocenters. The molecule has 0 aliphatic rings. The average molecular weight is 228 g/mol. The summed E-state index contributed by atoms with van der Waals surface area (Å²) in [5, 5.41) is 4.93. The quantitative estimate of drug-likeness (QED) is 0.784. The summed E-state index contributed by atoms with van der Waals surface area (Å²) in [5.41, 5.74) is 0. The Morgan fingerprint density at radius 2 is 2.40 bits per heavy atom. The molecular weight excluding hydrogens is 212 g/mol. The Morgan fingerprint density at radius 3 is 2.87 bits per heavy atom. The number of nitrogens with zero attached hydrogens (tertiary/aromatic N) is 1. The van der Waals surface area contributed by atoms with Crippen molar-refractivity contribution in [3.8, 4) is 0 Å². The van der Waals surface area contributed by atoms with E-state index < -0.39 is 0 Å². The molecule has 0 aromatic carbocycles. The summed E-state index contributed by atoms with van der Waals surface area (Å²) < 4.78 is 8.84. The number of nitrogens with one attached hydrogen (secondary N) is 1. The zero-order valence-corrected chi connectivity index (χ0v) is 10.0. The van der Waals surface area contributed by atoms with Gasteiger partial charge in [-0.05, 0) is 29.9 Å². The maximum atomic E-state index is 11.5. The molecular formula is C10H16N2O2S. The van der Waals surface area contributed by atoms with Gasteiger partial charge in [-0.25, -0.2) is 4.79 Å². The highest BCUT2D eigenvalue weighted by atomic mass is 32.1. The number of methoxy groups -OCH3 is 1. The van der Waals surface area contributed by atoms with Crippen LogP contribution in [0.1, 0.15) is 20.3 Å². The third-order valence-electron chi connectivity index (χ3n) is 1.95. The number of esters is 1. The molecule has 0 saturated heterocycles. The van der Waals surface area contributed by atoms with E-state index >= 15 is 0 Å². The van der Waals surface area contributed by atoms with Gasteiger partial charge < -0.3 is 10.1 Å². The van der Waals surface area contributed by atoms with Crippen LogP contribution < -0.4 is 5.32 Å². The lowest BCUT2D eigenvalue weighted by atomic mass is 10.0. The van der Waals surface area contributed by atoms with Gasteiger partial charge in [-0.2, -0.15) is 4.37 Å². The molecule has 1 atom stereocenters. The van der Waals surface area contributed by atoms with Crippen LogP contribution in [0, 0.1) is 5.92 Å². The predicted molar refractivity (Wildman–Crippen MR) is 61.0 cm³/mol. The first kappa shape index (κ1) is 12.0. The summed E-state index contributed by atoms with van der Waals surface area (Å²) in [4.78, 5) is 11.5. The van der Waals surface area contributed by atoms with Gasteiger partial charge >= 0.3 is 5.97 Å². The Morgan fingerprint density at radius 1 is 1.67 bits per heavy atom. The fourth-order valence-corrected chi connectivity index (χ4v) is 1.77. The fraction of sp³-hybridized carbons (Fsp3) is 0.600. The minimum atomic E-state index is -0.308. The van der Waals surface area contributed by atoms with Gasteiger partial charge in [0.2, 0.25) is 0 Å². The lowest BCUT2D eigenvalue weighted by Gasteiger charge is -2.17. The third-order valence-corrected chi connectivity index (χ3v) is 2.51. The Hall–Kier alpha value is -1.10. The number of aromatic nitrogens is 1. The van der Waals surface area contributed by atoms with E-state index in [-0.39, 0.29) is 12.0 Å². The molecule has 1 aromatic heterocycles. The van der Waals surface area contributed by atoms with Gasteiger partial charge in [0, 0.05) is 5.38 Å². The highest BCUT2D eigenvalue weighted by Gasteiger charge is 2.20. The minimum Gasteiger partial charge on any atom is -0.467 e. The summed E-state index contributed by atoms with van der Waals surface area (Å²) >= 11 is 1.36. The van der Waals surface area contributed by atoms with Crippen LogP contribution >= 0.6 is 11.5 Å². The topological polar surface area (TPSA) is 51.2 Å². The van der Waals surface area contributed by atoms with Crippen LogP contribution in [0.4, 0.5) is 5.82 Å². The summed E-state index contributed by atoms with van der Waals surface area (Å²) in [6.45, 7) is 4.14. The van der Waals surface area contributed by atoms with Crippen molar-refractivity contribution in [2.75, 3.05) is 12.4 Å². The number of ether oxygens (including phenoxy) is 1. The van der Waals surface area contributed by atoms with Crippen LogP contribution in [0.25, 0.3) is 0 Å². The van der Waals surface area contributed by atoms with Crippen LogP contribution in [0.5, 0.6) is 0 Å². The van der Waals surface area contributed by atoms with Crippen molar-refractivity contribution in [2.24, 2.45) is 5.92 Å². The van der Waals surface area contributed by atoms with Crippen molar-refractivity contribution in [3.05, 3.63) is 11.4 Å². The normalized spacial score (nSPS) is 12.5. The van der Waals surface area contributed by atoms with Crippen molar-refractivity contribution in [1.82, 2.24) is 4.37 Å². The maximum Gasteiger partial charge on any atom is 0.328 e. The second kappa shape index (κ2) is 5.70. The largest absolute Gasteiger partial charge is 0.467 e. The zero-order valence-electron chi connectivity index (χ0n) is 9.19. The Kier molecular flexibility index (Phi) is 4.55. The molecule has 15 heavy (non-hydrogen) atoms. The fourth-order valence-electron chi connectivity index (χ4n) is 1.29. The second-order valence-corrected chi connectivity index (χ2v) is 4.40. The van der Waals surface area contributed by atoms with Crippen LogP contribution in [-0.4, -0.2) is 23.5 Å². The maximum absolute atomic E-state index is 11.5. The molecule has 0 radical (unpaired) electrons. The van der Waals surface area contributed by atoms with Gasteiger partial charge in [0.05, 0.1) is 7.11 Å². The summed E-state index contributed by atoms with van der Waals surface area (Å²) in [5.74, 6) is 0.924. The van der Waals surface area contributed by atoms with Crippen molar-refractivity contribution in [1.29, 1.82) is 0 Å². The predicted octanol–water partition coefficient (Wildman–Crippen LogP) is 2.14. The molecule has 0 saturated carbocycles. The van der Waals surface area contributed by atoms with Gasteiger partial charge in [0.1, 0.15) is 11.9 Å². The first-order chi connectivity index (χ1) is 7.13. The molecule has 1 heterocycles. The van der Waals surface area contributed by atoms with Gasteiger partial charge in [-0.1, -0.05) is 13.8 Å². The second-order valence-electron chi connectivity index (χ2n) is 3.73. The molecule has 4 nitrogen and oxygen atoms in total. The van der Waals surface area contributed by atoms with E-state index in [0.717, 1.165) is 12.2 Å². The zero-order chi connectivity index (χ0) is 11.3. The molecule has 0 aliphatic carbocycles. The molecule has 1 aromatic rings. The van der Waals surface area contributed by atoms with Crippen LogP contribution in [-0.2, 0) is 9.53 Å². The van der Waals surface area contributed by atoms with Crippen molar-refractivity contribution >= 4 is 23.3 Å². The Labute approximate surface area is 93.8 Å². The lowest BCUT2D eigenvalue weighted by molar-refractivity contribution is -0.141. The molecule has 0 spiro atoms. The highest BCUT2D eigenvalue weighted by Crippen LogP contribution is 2.13. The number of carbonyl (C=O) groups excluding carboxylic acids is 1. The van der Waals surface area contributed by atoms with E-state index in [4.69, 9.17) is 4.74 Å². The smallest absolute Gasteiger partial charge is 0.328 e. The first-order valence-corrected chi connectivity index (χ1v) is 5.72. The van der Waals surface area contributed by atoms with Gasteiger partial charge in [0.15, 0.2) is 0 Å². The van der Waals surface area contributed by atoms with Crippen LogP contribution in [0.3, 0.4) is 0 Å². The lowest BCUT2D eigenvalue weighted by Crippen LogP contribution is -2.32. The van der Waals surface area contributed by atoms with E-state index in [1.54, 1.807) is 0 Å². The number of rotatable bonds is 5. The van der Waals surface area contributed by atoms with Gasteiger partial charge in [-0.3, -0.25) is 0 Å². The average Bonchev–Trinajstić information content (AvgIpc) is 2.67. The molecule has 84 valence electrons. The Balaban J connectivity index is 2.60. The number of hydrogen-bond acceptors (Lipinski definition) is 5. The molecule has 0 bridgehead atoms. The molecule has 0 aliphatic heterocycles. The minimum absolute atomic E-state index is 0.239. The summed E-state index contributed by atoms with van der Waals surface area (Å²) in [7, 11) is 1.40. The van der Waals surface area contributed by atoms with E-state index in [1.807, 2.05) is 11.4 Å². The van der Waals surface area contributed by atoms with E-state index in [0.29, 0.717) is 5.92 Å². The number of carbonyl (C=O) groups is 1. The molecule has 0 fully saturated rings. The first-order valence-electron chi connectivity index (χ1n) is 4.88. The van der Waals surface area contributed by atoms with Crippen LogP contribution in [0.2, 0.25) is 0 Å². The number of anilines is 1. The van der Waals surface area contributed by atoms with Crippen molar-refractivity contribution in [2.45, 2.75) is 26.3 Å². The molecule has 1 N–H and O–H groups in total. The summed E-state index contributed by atoms with van der Waals surface area (Å²) in [6.07, 6.45) is 0.740. The van der Waals surface area contributed by atoms with Gasteiger partial charge in [-0.15, -0.1) is 0 Å². The van der Waals surface area contributed by atoms with Crippen molar-refractivity contribution in [3.63, 3.8) is 0 Å². The number of hydrogen-bond donors (Lipinski definition) is 1. The molecule has 0 amide bonds. The molecule has 1 rings (SSSR count). The van der Waals surface area contributed by atoms with Crippen LogP contribution in [0.15, 0.2) is 11.4 Å². The van der Waals surface area contributed by atoms with E-state index in [9.17, 15) is 4.79 Å². The summed E-state index contributed by atoms with van der Waals surface area (Å²) in [6, 6.07) is 1.54. The van der Waals surface area contributed by atoms with Crippen molar-refractivity contribution < 1.29 is 9.53 Å². The van der Waals surface area contributed by atoms with Gasteiger partial charge in [0.25, 0.3) is 0 Å². The standard InChI is InChI=1S/C10H16N2O2S/c1-7(2)6-8(10(13)14-3)11-9-4-5-15-12-9/h4-5,7-8H,6H2,1-3H3,(H,11,12)/t8-/m1/s1. The highest BCUT2D eigenvalue weighted by molar-refractivity contribution is 7.03. The van der Waals surface area contributed by atoms with E-state index in [2.05, 4.69) is 23.5 Å². The third kappa shape index (κ3) is 3.87. The monoisotopic (exact) mass is 228 g/mol. The van der Waals surface area contributed by atoms with E-state index in [1.165, 1.54) is 18.6 Å². The SMILES string of the molecule is COC(=O)[C@@H](CC(C)C)Nc1ccsn1.